The first kappa shape index (κ1) is 18.5. The zero-order chi connectivity index (χ0) is 19.1. The molecule has 2 N–H and O–H groups in total. The van der Waals surface area contributed by atoms with E-state index in [2.05, 4.69) is 27.8 Å². The van der Waals surface area contributed by atoms with Gasteiger partial charge in [-0.1, -0.05) is 30.3 Å². The summed E-state index contributed by atoms with van der Waals surface area (Å²) in [5.74, 6) is 1.50. The molecule has 0 aliphatic carbocycles. The van der Waals surface area contributed by atoms with Gasteiger partial charge >= 0.3 is 0 Å². The van der Waals surface area contributed by atoms with E-state index in [0.29, 0.717) is 11.3 Å². The molecule has 0 spiro atoms. The Balaban J connectivity index is 1.51. The first-order valence-electron chi connectivity index (χ1n) is 8.85. The van der Waals surface area contributed by atoms with Crippen molar-refractivity contribution < 1.29 is 9.53 Å². The number of hydrogen-bond donors (Lipinski definition) is 2. The van der Waals surface area contributed by atoms with Crippen LogP contribution in [-0.4, -0.2) is 24.5 Å². The lowest BCUT2D eigenvalue weighted by atomic mass is 10.1. The van der Waals surface area contributed by atoms with Gasteiger partial charge in [0.25, 0.3) is 5.91 Å². The topological polar surface area (TPSA) is 63.2 Å². The fourth-order valence-electron chi connectivity index (χ4n) is 2.73. The maximum atomic E-state index is 12.3. The highest BCUT2D eigenvalue weighted by molar-refractivity contribution is 6.05. The van der Waals surface area contributed by atoms with Crippen molar-refractivity contribution in [3.63, 3.8) is 0 Å². The number of aryl methyl sites for hydroxylation is 1. The fourth-order valence-corrected chi connectivity index (χ4v) is 2.73. The van der Waals surface area contributed by atoms with Crippen molar-refractivity contribution in [1.29, 1.82) is 0 Å². The smallest absolute Gasteiger partial charge is 0.255 e. The van der Waals surface area contributed by atoms with E-state index in [9.17, 15) is 4.79 Å². The van der Waals surface area contributed by atoms with Gasteiger partial charge in [0, 0.05) is 12.1 Å². The summed E-state index contributed by atoms with van der Waals surface area (Å²) in [6.07, 6.45) is 2.54. The maximum absolute atomic E-state index is 12.3. The van der Waals surface area contributed by atoms with Crippen LogP contribution in [-0.2, 0) is 6.42 Å². The quantitative estimate of drug-likeness (QED) is 0.658. The Labute approximate surface area is 159 Å². The molecule has 0 atom stereocenters. The van der Waals surface area contributed by atoms with Crippen LogP contribution < -0.4 is 15.4 Å². The van der Waals surface area contributed by atoms with Gasteiger partial charge in [-0.2, -0.15) is 0 Å². The molecule has 2 aromatic carbocycles. The van der Waals surface area contributed by atoms with Gasteiger partial charge in [-0.3, -0.25) is 4.79 Å². The number of hydrogen-bond acceptors (Lipinski definition) is 4. The SMILES string of the molecule is COc1ccc(CCNc2ccc(NC(=O)c3ccccc3C)cn2)cc1. The zero-order valence-electron chi connectivity index (χ0n) is 15.5. The minimum atomic E-state index is -0.130. The van der Waals surface area contributed by atoms with Crippen molar-refractivity contribution in [3.05, 3.63) is 83.6 Å². The number of aromatic nitrogens is 1. The van der Waals surface area contributed by atoms with Gasteiger partial charge in [-0.05, 0) is 54.8 Å². The van der Waals surface area contributed by atoms with Crippen molar-refractivity contribution in [2.45, 2.75) is 13.3 Å². The van der Waals surface area contributed by atoms with Crippen LogP contribution in [0.1, 0.15) is 21.5 Å². The molecule has 5 nitrogen and oxygen atoms in total. The summed E-state index contributed by atoms with van der Waals surface area (Å²) in [7, 11) is 1.66. The van der Waals surface area contributed by atoms with Crippen molar-refractivity contribution in [2.24, 2.45) is 0 Å². The summed E-state index contributed by atoms with van der Waals surface area (Å²) in [5.41, 5.74) is 3.51. The lowest BCUT2D eigenvalue weighted by Gasteiger charge is -2.09. The normalized spacial score (nSPS) is 10.3. The lowest BCUT2D eigenvalue weighted by molar-refractivity contribution is 0.102. The second kappa shape index (κ2) is 8.85. The Bertz CT molecular complexity index is 890. The van der Waals surface area contributed by atoms with E-state index in [4.69, 9.17) is 4.74 Å². The zero-order valence-corrected chi connectivity index (χ0v) is 15.5. The molecule has 138 valence electrons. The molecule has 0 saturated carbocycles. The number of rotatable bonds is 7. The third-order valence-electron chi connectivity index (χ3n) is 4.29. The van der Waals surface area contributed by atoms with E-state index in [1.807, 2.05) is 55.5 Å². The predicted octanol–water partition coefficient (Wildman–Crippen LogP) is 4.31. The summed E-state index contributed by atoms with van der Waals surface area (Å²) in [4.78, 5) is 16.7. The van der Waals surface area contributed by atoms with Crippen molar-refractivity contribution in [1.82, 2.24) is 4.98 Å². The number of ether oxygens (including phenoxy) is 1. The van der Waals surface area contributed by atoms with Gasteiger partial charge in [0.1, 0.15) is 11.6 Å². The Morgan fingerprint density at radius 3 is 2.48 bits per heavy atom. The summed E-state index contributed by atoms with van der Waals surface area (Å²) in [6, 6.07) is 19.2. The number of methoxy groups -OCH3 is 1. The van der Waals surface area contributed by atoms with E-state index < -0.39 is 0 Å². The van der Waals surface area contributed by atoms with Crippen molar-refractivity contribution in [2.75, 3.05) is 24.3 Å². The first-order valence-corrected chi connectivity index (χ1v) is 8.85. The molecule has 0 unspecified atom stereocenters. The lowest BCUT2D eigenvalue weighted by Crippen LogP contribution is -2.13. The van der Waals surface area contributed by atoms with E-state index in [1.165, 1.54) is 5.56 Å². The van der Waals surface area contributed by atoms with E-state index >= 15 is 0 Å². The monoisotopic (exact) mass is 361 g/mol. The third-order valence-corrected chi connectivity index (χ3v) is 4.29. The van der Waals surface area contributed by atoms with Gasteiger partial charge in [-0.15, -0.1) is 0 Å². The molecular formula is C22H23N3O2. The van der Waals surface area contributed by atoms with Crippen LogP contribution in [0.4, 0.5) is 11.5 Å². The molecule has 5 heteroatoms. The minimum absolute atomic E-state index is 0.130. The van der Waals surface area contributed by atoms with Crippen LogP contribution in [0, 0.1) is 6.92 Å². The number of carbonyl (C=O) groups excluding carboxylic acids is 1. The molecule has 0 aliphatic heterocycles. The molecular weight excluding hydrogens is 338 g/mol. The molecule has 1 aromatic heterocycles. The average molecular weight is 361 g/mol. The Morgan fingerprint density at radius 1 is 1.04 bits per heavy atom. The number of amides is 1. The third kappa shape index (κ3) is 5.07. The second-order valence-corrected chi connectivity index (χ2v) is 6.23. The fraction of sp³-hybridized carbons (Fsp3) is 0.182. The standard InChI is InChI=1S/C22H23N3O2/c1-16-5-3-4-6-20(16)22(26)25-18-9-12-21(24-15-18)23-14-13-17-7-10-19(27-2)11-8-17/h3-12,15H,13-14H2,1-2H3,(H,23,24)(H,25,26). The second-order valence-electron chi connectivity index (χ2n) is 6.23. The molecule has 0 fully saturated rings. The van der Waals surface area contributed by atoms with E-state index in [1.54, 1.807) is 13.3 Å². The largest absolute Gasteiger partial charge is 0.497 e. The number of anilines is 2. The number of nitrogens with one attached hydrogen (secondary N) is 2. The van der Waals surface area contributed by atoms with Crippen LogP contribution in [0.2, 0.25) is 0 Å². The molecule has 1 amide bonds. The molecule has 0 saturated heterocycles. The number of nitrogens with zero attached hydrogens (tertiary/aromatic N) is 1. The van der Waals surface area contributed by atoms with Crippen molar-refractivity contribution >= 4 is 17.4 Å². The Kier molecular flexibility index (Phi) is 6.05. The van der Waals surface area contributed by atoms with Gasteiger partial charge < -0.3 is 15.4 Å². The van der Waals surface area contributed by atoms with Crippen LogP contribution in [0.3, 0.4) is 0 Å². The molecule has 0 radical (unpaired) electrons. The van der Waals surface area contributed by atoms with E-state index in [0.717, 1.165) is 30.1 Å². The summed E-state index contributed by atoms with van der Waals surface area (Å²) >= 11 is 0. The number of carbonyl (C=O) groups is 1. The molecule has 3 aromatic rings. The Morgan fingerprint density at radius 2 is 1.81 bits per heavy atom. The minimum Gasteiger partial charge on any atom is -0.497 e. The van der Waals surface area contributed by atoms with Crippen molar-refractivity contribution in [3.8, 4) is 5.75 Å². The van der Waals surface area contributed by atoms with Gasteiger partial charge in [0.2, 0.25) is 0 Å². The van der Waals surface area contributed by atoms with Crippen LogP contribution in [0.15, 0.2) is 66.9 Å². The number of pyridine rings is 1. The van der Waals surface area contributed by atoms with Crippen LogP contribution >= 0.6 is 0 Å². The van der Waals surface area contributed by atoms with Gasteiger partial charge in [0.15, 0.2) is 0 Å². The Hall–Kier alpha value is -3.34. The van der Waals surface area contributed by atoms with Gasteiger partial charge in [0.05, 0.1) is 19.0 Å². The predicted molar refractivity (Wildman–Crippen MR) is 109 cm³/mol. The van der Waals surface area contributed by atoms with E-state index in [-0.39, 0.29) is 5.91 Å². The van der Waals surface area contributed by atoms with Crippen LogP contribution in [0.25, 0.3) is 0 Å². The molecule has 0 bridgehead atoms. The summed E-state index contributed by atoms with van der Waals surface area (Å²) in [5, 5.41) is 6.17. The van der Waals surface area contributed by atoms with Crippen LogP contribution in [0.5, 0.6) is 5.75 Å². The highest BCUT2D eigenvalue weighted by Crippen LogP contribution is 2.14. The molecule has 3 rings (SSSR count). The van der Waals surface area contributed by atoms with Gasteiger partial charge in [-0.25, -0.2) is 4.98 Å². The summed E-state index contributed by atoms with van der Waals surface area (Å²) < 4.78 is 5.16. The average Bonchev–Trinajstić information content (AvgIpc) is 2.70. The number of benzene rings is 2. The summed E-state index contributed by atoms with van der Waals surface area (Å²) in [6.45, 7) is 2.69. The first-order chi connectivity index (χ1) is 13.2. The highest BCUT2D eigenvalue weighted by Gasteiger charge is 2.08. The molecule has 27 heavy (non-hydrogen) atoms. The highest BCUT2D eigenvalue weighted by atomic mass is 16.5. The molecule has 1 heterocycles. The molecule has 0 aliphatic rings. The maximum Gasteiger partial charge on any atom is 0.255 e.